The number of likely N-dealkylation sites (N-methyl/N-ethyl adjacent to an activating group) is 1. The van der Waals surface area contributed by atoms with Crippen molar-refractivity contribution >= 4 is 64.1 Å². The molecule has 0 aliphatic carbocycles. The van der Waals surface area contributed by atoms with Gasteiger partial charge in [0.1, 0.15) is 5.57 Å². The van der Waals surface area contributed by atoms with Crippen LogP contribution in [-0.4, -0.2) is 30.4 Å². The highest BCUT2D eigenvalue weighted by Gasteiger charge is 2.37. The van der Waals surface area contributed by atoms with E-state index < -0.39 is 17.8 Å². The summed E-state index contributed by atoms with van der Waals surface area (Å²) in [5.41, 5.74) is 3.79. The zero-order chi connectivity index (χ0) is 23.4. The van der Waals surface area contributed by atoms with Gasteiger partial charge in [0.2, 0.25) is 0 Å². The topological polar surface area (TPSA) is 69.7 Å². The van der Waals surface area contributed by atoms with E-state index in [1.54, 1.807) is 0 Å². The van der Waals surface area contributed by atoms with Crippen LogP contribution < -0.4 is 15.1 Å². The van der Waals surface area contributed by atoms with Crippen LogP contribution >= 0.6 is 23.2 Å². The number of nitrogens with zero attached hydrogens (tertiary/aromatic N) is 2. The van der Waals surface area contributed by atoms with Crippen LogP contribution in [0.25, 0.3) is 11.6 Å². The standard InChI is InChI=1S/C24H21Cl2N3O3/c1-13-12-24(2,3)28(4)20-8-5-14(9-16(13)20)10-17-21(30)27-23(32)29(22(17)31)15-6-7-18(25)19(26)11-15/h5-12H,1-4H3,(H,27,30,32)/b17-10+. The molecule has 0 bridgehead atoms. The molecule has 4 rings (SSSR count). The molecule has 2 heterocycles. The number of fused-ring (bicyclic) bond motifs is 1. The van der Waals surface area contributed by atoms with E-state index in [2.05, 4.69) is 30.1 Å². The fourth-order valence-electron chi connectivity index (χ4n) is 3.95. The molecule has 0 unspecified atom stereocenters. The monoisotopic (exact) mass is 469 g/mol. The van der Waals surface area contributed by atoms with Gasteiger partial charge < -0.3 is 4.90 Å². The highest BCUT2D eigenvalue weighted by Crippen LogP contribution is 2.38. The molecule has 164 valence electrons. The Morgan fingerprint density at radius 2 is 1.72 bits per heavy atom. The third-order valence-corrected chi connectivity index (χ3v) is 6.55. The lowest BCUT2D eigenvalue weighted by molar-refractivity contribution is -0.122. The summed E-state index contributed by atoms with van der Waals surface area (Å²) in [7, 11) is 2.03. The van der Waals surface area contributed by atoms with Gasteiger partial charge in [0.05, 0.1) is 21.3 Å². The predicted octanol–water partition coefficient (Wildman–Crippen LogP) is 5.29. The summed E-state index contributed by atoms with van der Waals surface area (Å²) < 4.78 is 0. The molecule has 2 aliphatic rings. The normalized spacial score (nSPS) is 19.1. The molecule has 4 amide bonds. The molecule has 0 spiro atoms. The van der Waals surface area contributed by atoms with Gasteiger partial charge >= 0.3 is 6.03 Å². The van der Waals surface area contributed by atoms with Gasteiger partial charge in [0, 0.05) is 18.3 Å². The van der Waals surface area contributed by atoms with E-state index in [1.807, 2.05) is 32.2 Å². The number of allylic oxidation sites excluding steroid dienone is 1. The maximum absolute atomic E-state index is 13.1. The van der Waals surface area contributed by atoms with Crippen molar-refractivity contribution in [3.63, 3.8) is 0 Å². The average molecular weight is 470 g/mol. The van der Waals surface area contributed by atoms with E-state index in [0.717, 1.165) is 21.7 Å². The molecular formula is C24H21Cl2N3O3. The van der Waals surface area contributed by atoms with Crippen molar-refractivity contribution < 1.29 is 14.4 Å². The van der Waals surface area contributed by atoms with Crippen molar-refractivity contribution in [2.45, 2.75) is 26.3 Å². The minimum Gasteiger partial charge on any atom is -0.366 e. The van der Waals surface area contributed by atoms with Gasteiger partial charge in [-0.2, -0.15) is 0 Å². The summed E-state index contributed by atoms with van der Waals surface area (Å²) in [6.45, 7) is 6.30. The second kappa shape index (κ2) is 7.80. The Kier molecular flexibility index (Phi) is 5.39. The Morgan fingerprint density at radius 1 is 1.00 bits per heavy atom. The molecule has 1 saturated heterocycles. The molecule has 8 heteroatoms. The van der Waals surface area contributed by atoms with Crippen molar-refractivity contribution in [3.05, 3.63) is 69.2 Å². The molecule has 2 aliphatic heterocycles. The molecule has 2 aromatic carbocycles. The molecule has 0 atom stereocenters. The van der Waals surface area contributed by atoms with Gasteiger partial charge in [-0.15, -0.1) is 0 Å². The number of hydrogen-bond donors (Lipinski definition) is 1. The van der Waals surface area contributed by atoms with E-state index in [-0.39, 0.29) is 26.8 Å². The lowest BCUT2D eigenvalue weighted by Crippen LogP contribution is -2.54. The number of carbonyl (C=O) groups is 3. The number of anilines is 2. The average Bonchev–Trinajstić information content (AvgIpc) is 2.71. The van der Waals surface area contributed by atoms with E-state index in [0.29, 0.717) is 5.56 Å². The number of halogens is 2. The van der Waals surface area contributed by atoms with Crippen LogP contribution in [0.3, 0.4) is 0 Å². The van der Waals surface area contributed by atoms with E-state index >= 15 is 0 Å². The highest BCUT2D eigenvalue weighted by molar-refractivity contribution is 6.43. The molecular weight excluding hydrogens is 449 g/mol. The third-order valence-electron chi connectivity index (χ3n) is 5.82. The van der Waals surface area contributed by atoms with E-state index in [4.69, 9.17) is 23.2 Å². The van der Waals surface area contributed by atoms with Crippen LogP contribution in [0, 0.1) is 0 Å². The van der Waals surface area contributed by atoms with Crippen LogP contribution in [0.4, 0.5) is 16.2 Å². The minimum atomic E-state index is -0.844. The number of rotatable bonds is 2. The van der Waals surface area contributed by atoms with Crippen molar-refractivity contribution in [2.24, 2.45) is 0 Å². The SMILES string of the molecule is CC1=CC(C)(C)N(C)c2ccc(/C=C3\C(=O)NC(=O)N(c4ccc(Cl)c(Cl)c4)C3=O)cc21. The van der Waals surface area contributed by atoms with Crippen molar-refractivity contribution in [1.82, 2.24) is 5.32 Å². The summed E-state index contributed by atoms with van der Waals surface area (Å²) in [4.78, 5) is 41.1. The maximum Gasteiger partial charge on any atom is 0.335 e. The van der Waals surface area contributed by atoms with Gasteiger partial charge in [-0.3, -0.25) is 14.9 Å². The first-order chi connectivity index (χ1) is 15.0. The number of urea groups is 1. The molecule has 6 nitrogen and oxygen atoms in total. The largest absolute Gasteiger partial charge is 0.366 e. The summed E-state index contributed by atoms with van der Waals surface area (Å²) >= 11 is 12.0. The number of hydrogen-bond acceptors (Lipinski definition) is 4. The first-order valence-corrected chi connectivity index (χ1v) is 10.7. The molecule has 0 radical (unpaired) electrons. The fourth-order valence-corrected chi connectivity index (χ4v) is 4.24. The maximum atomic E-state index is 13.1. The number of imide groups is 2. The van der Waals surface area contributed by atoms with E-state index in [9.17, 15) is 14.4 Å². The molecule has 0 aromatic heterocycles. The van der Waals surface area contributed by atoms with Crippen molar-refractivity contribution in [1.29, 1.82) is 0 Å². The summed E-state index contributed by atoms with van der Waals surface area (Å²) in [5, 5.41) is 2.70. The number of nitrogens with one attached hydrogen (secondary N) is 1. The highest BCUT2D eigenvalue weighted by atomic mass is 35.5. The second-order valence-corrected chi connectivity index (χ2v) is 9.19. The van der Waals surface area contributed by atoms with Gasteiger partial charge in [-0.25, -0.2) is 9.69 Å². The summed E-state index contributed by atoms with van der Waals surface area (Å²) in [6, 6.07) is 9.27. The Hall–Kier alpha value is -3.09. The lowest BCUT2D eigenvalue weighted by atomic mass is 9.88. The smallest absolute Gasteiger partial charge is 0.335 e. The van der Waals surface area contributed by atoms with Crippen LogP contribution in [0.5, 0.6) is 0 Å². The summed E-state index contributed by atoms with van der Waals surface area (Å²) in [5.74, 6) is -1.49. The Labute approximate surface area is 196 Å². The van der Waals surface area contributed by atoms with Crippen LogP contribution in [0.15, 0.2) is 48.0 Å². The summed E-state index contributed by atoms with van der Waals surface area (Å²) in [6.07, 6.45) is 3.66. The second-order valence-electron chi connectivity index (χ2n) is 8.37. The molecule has 0 saturated carbocycles. The van der Waals surface area contributed by atoms with Gasteiger partial charge in [-0.1, -0.05) is 35.3 Å². The number of amides is 4. The quantitative estimate of drug-likeness (QED) is 0.478. The van der Waals surface area contributed by atoms with Crippen LogP contribution in [-0.2, 0) is 9.59 Å². The van der Waals surface area contributed by atoms with Gasteiger partial charge in [0.25, 0.3) is 11.8 Å². The zero-order valence-electron chi connectivity index (χ0n) is 18.0. The number of benzene rings is 2. The predicted molar refractivity (Wildman–Crippen MR) is 128 cm³/mol. The molecule has 1 N–H and O–H groups in total. The Balaban J connectivity index is 1.74. The first kappa shape index (κ1) is 22.1. The van der Waals surface area contributed by atoms with E-state index in [1.165, 1.54) is 24.3 Å². The third kappa shape index (κ3) is 3.70. The molecule has 32 heavy (non-hydrogen) atoms. The fraction of sp³-hybridized carbons (Fsp3) is 0.208. The lowest BCUT2D eigenvalue weighted by Gasteiger charge is -2.40. The number of carbonyl (C=O) groups excluding carboxylic acids is 3. The first-order valence-electron chi connectivity index (χ1n) is 9.94. The van der Waals surface area contributed by atoms with Gasteiger partial charge in [0.15, 0.2) is 0 Å². The molecule has 1 fully saturated rings. The Bertz CT molecular complexity index is 1250. The van der Waals surface area contributed by atoms with Crippen LogP contribution in [0.2, 0.25) is 10.0 Å². The minimum absolute atomic E-state index is 0.128. The van der Waals surface area contributed by atoms with Crippen LogP contribution in [0.1, 0.15) is 31.9 Å². The number of barbiturate groups is 1. The van der Waals surface area contributed by atoms with Gasteiger partial charge in [-0.05, 0) is 68.3 Å². The van der Waals surface area contributed by atoms with Crippen molar-refractivity contribution in [2.75, 3.05) is 16.8 Å². The Morgan fingerprint density at radius 3 is 2.41 bits per heavy atom. The molecule has 2 aromatic rings. The zero-order valence-corrected chi connectivity index (χ0v) is 19.5. The van der Waals surface area contributed by atoms with Crippen molar-refractivity contribution in [3.8, 4) is 0 Å².